The molecule has 2 aromatic rings. The number of halogens is 1. The van der Waals surface area contributed by atoms with Gasteiger partial charge < -0.3 is 10.2 Å². The van der Waals surface area contributed by atoms with Crippen molar-refractivity contribution in [3.05, 3.63) is 58.9 Å². The summed E-state index contributed by atoms with van der Waals surface area (Å²) in [7, 11) is 0. The fourth-order valence-electron chi connectivity index (χ4n) is 2.04. The molecule has 0 fully saturated rings. The van der Waals surface area contributed by atoms with Crippen LogP contribution in [0.4, 0.5) is 0 Å². The topological polar surface area (TPSA) is 62.5 Å². The van der Waals surface area contributed by atoms with Gasteiger partial charge in [0, 0.05) is 16.9 Å². The van der Waals surface area contributed by atoms with Crippen LogP contribution in [0.15, 0.2) is 42.6 Å². The standard InChI is InChI=1S/C15H16ClNO3/c1-2-12-4-3-9-17(12)15(20)14(19)13(18)10-5-7-11(16)8-6-10/h3-9,13-14,18-19H,2H2,1H3/t13-,14+/m1/s1. The van der Waals surface area contributed by atoms with E-state index in [1.165, 1.54) is 4.57 Å². The molecule has 2 N–H and O–H groups in total. The van der Waals surface area contributed by atoms with Crippen LogP contribution in [-0.4, -0.2) is 26.8 Å². The van der Waals surface area contributed by atoms with Gasteiger partial charge in [-0.3, -0.25) is 9.36 Å². The molecule has 0 spiro atoms. The van der Waals surface area contributed by atoms with E-state index < -0.39 is 18.1 Å². The van der Waals surface area contributed by atoms with Crippen molar-refractivity contribution >= 4 is 17.5 Å². The quantitative estimate of drug-likeness (QED) is 0.910. The smallest absolute Gasteiger partial charge is 0.262 e. The SMILES string of the molecule is CCc1cccn1C(=O)[C@@H](O)[C@H](O)c1ccc(Cl)cc1. The number of aryl methyl sites for hydroxylation is 1. The summed E-state index contributed by atoms with van der Waals surface area (Å²) in [6.07, 6.45) is -0.553. The molecule has 106 valence electrons. The van der Waals surface area contributed by atoms with Crippen molar-refractivity contribution in [1.29, 1.82) is 0 Å². The lowest BCUT2D eigenvalue weighted by Crippen LogP contribution is -2.32. The molecule has 1 aromatic carbocycles. The second kappa shape index (κ2) is 6.22. The molecular weight excluding hydrogens is 278 g/mol. The maximum absolute atomic E-state index is 12.2. The van der Waals surface area contributed by atoms with Gasteiger partial charge in [0.1, 0.15) is 6.10 Å². The molecule has 0 amide bonds. The molecule has 0 radical (unpaired) electrons. The van der Waals surface area contributed by atoms with Crippen LogP contribution in [0.5, 0.6) is 0 Å². The summed E-state index contributed by atoms with van der Waals surface area (Å²) < 4.78 is 1.36. The Hall–Kier alpha value is -1.62. The van der Waals surface area contributed by atoms with Crippen molar-refractivity contribution in [3.63, 3.8) is 0 Å². The van der Waals surface area contributed by atoms with Crippen molar-refractivity contribution in [2.45, 2.75) is 25.6 Å². The Morgan fingerprint density at radius 2 is 1.90 bits per heavy atom. The van der Waals surface area contributed by atoms with Gasteiger partial charge in [-0.2, -0.15) is 0 Å². The number of carbonyl (C=O) groups excluding carboxylic acids is 1. The van der Waals surface area contributed by atoms with Gasteiger partial charge in [0.05, 0.1) is 0 Å². The molecule has 0 aliphatic carbocycles. The van der Waals surface area contributed by atoms with Crippen molar-refractivity contribution < 1.29 is 15.0 Å². The summed E-state index contributed by atoms with van der Waals surface area (Å²) in [5.74, 6) is -0.547. The summed E-state index contributed by atoms with van der Waals surface area (Å²) in [5.41, 5.74) is 1.23. The van der Waals surface area contributed by atoms with Gasteiger partial charge in [-0.15, -0.1) is 0 Å². The third-order valence-electron chi connectivity index (χ3n) is 3.20. The number of aliphatic hydroxyl groups is 2. The molecule has 0 saturated carbocycles. The molecule has 0 saturated heterocycles. The molecule has 1 heterocycles. The molecule has 0 bridgehead atoms. The van der Waals surface area contributed by atoms with E-state index in [0.29, 0.717) is 17.0 Å². The Morgan fingerprint density at radius 1 is 1.25 bits per heavy atom. The number of rotatable bonds is 4. The second-order valence-corrected chi connectivity index (χ2v) is 4.94. The highest BCUT2D eigenvalue weighted by Crippen LogP contribution is 2.21. The third-order valence-corrected chi connectivity index (χ3v) is 3.45. The Morgan fingerprint density at radius 3 is 2.50 bits per heavy atom. The van der Waals surface area contributed by atoms with Crippen LogP contribution in [0.1, 0.15) is 29.1 Å². The van der Waals surface area contributed by atoms with Crippen LogP contribution >= 0.6 is 11.6 Å². The lowest BCUT2D eigenvalue weighted by atomic mass is 10.0. The van der Waals surface area contributed by atoms with Gasteiger partial charge in [-0.25, -0.2) is 0 Å². The fraction of sp³-hybridized carbons (Fsp3) is 0.267. The lowest BCUT2D eigenvalue weighted by Gasteiger charge is -2.18. The summed E-state index contributed by atoms with van der Waals surface area (Å²) in [6, 6.07) is 9.91. The number of hydrogen-bond donors (Lipinski definition) is 2. The van der Waals surface area contributed by atoms with E-state index in [1.807, 2.05) is 6.92 Å². The monoisotopic (exact) mass is 293 g/mol. The van der Waals surface area contributed by atoms with Crippen molar-refractivity contribution in [2.24, 2.45) is 0 Å². The first-order valence-corrected chi connectivity index (χ1v) is 6.74. The van der Waals surface area contributed by atoms with E-state index in [9.17, 15) is 15.0 Å². The van der Waals surface area contributed by atoms with Gasteiger partial charge in [0.25, 0.3) is 5.91 Å². The largest absolute Gasteiger partial charge is 0.385 e. The normalized spacial score (nSPS) is 14.0. The zero-order chi connectivity index (χ0) is 14.7. The Balaban J connectivity index is 2.20. The highest BCUT2D eigenvalue weighted by molar-refractivity contribution is 6.30. The number of nitrogens with zero attached hydrogens (tertiary/aromatic N) is 1. The van der Waals surface area contributed by atoms with Crippen LogP contribution in [0.3, 0.4) is 0 Å². The number of carbonyl (C=O) groups is 1. The van der Waals surface area contributed by atoms with E-state index in [1.54, 1.807) is 42.6 Å². The molecule has 20 heavy (non-hydrogen) atoms. The molecule has 2 rings (SSSR count). The van der Waals surface area contributed by atoms with Crippen molar-refractivity contribution in [2.75, 3.05) is 0 Å². The minimum atomic E-state index is -1.52. The first-order valence-electron chi connectivity index (χ1n) is 6.36. The van der Waals surface area contributed by atoms with Gasteiger partial charge >= 0.3 is 0 Å². The highest BCUT2D eigenvalue weighted by atomic mass is 35.5. The van der Waals surface area contributed by atoms with E-state index >= 15 is 0 Å². The number of hydrogen-bond acceptors (Lipinski definition) is 3. The molecule has 1 aromatic heterocycles. The number of aliphatic hydroxyl groups excluding tert-OH is 2. The fourth-order valence-corrected chi connectivity index (χ4v) is 2.17. The number of aromatic nitrogens is 1. The summed E-state index contributed by atoms with van der Waals surface area (Å²) in [4.78, 5) is 12.2. The van der Waals surface area contributed by atoms with Gasteiger partial charge in [-0.1, -0.05) is 30.7 Å². The molecule has 5 heteroatoms. The molecule has 0 aliphatic rings. The first kappa shape index (κ1) is 14.8. The van der Waals surface area contributed by atoms with Crippen LogP contribution < -0.4 is 0 Å². The predicted molar refractivity (Wildman–Crippen MR) is 76.9 cm³/mol. The maximum Gasteiger partial charge on any atom is 0.262 e. The number of benzene rings is 1. The molecule has 2 atom stereocenters. The minimum absolute atomic E-state index is 0.445. The molecule has 4 nitrogen and oxygen atoms in total. The first-order chi connectivity index (χ1) is 9.54. The predicted octanol–water partition coefficient (Wildman–Crippen LogP) is 2.44. The van der Waals surface area contributed by atoms with Crippen molar-refractivity contribution in [3.8, 4) is 0 Å². The zero-order valence-corrected chi connectivity index (χ0v) is 11.8. The minimum Gasteiger partial charge on any atom is -0.385 e. The molecule has 0 unspecified atom stereocenters. The summed E-state index contributed by atoms with van der Waals surface area (Å²) in [5, 5.41) is 20.7. The Labute approximate surface area is 122 Å². The second-order valence-electron chi connectivity index (χ2n) is 4.50. The van der Waals surface area contributed by atoms with Gasteiger partial charge in [0.2, 0.25) is 0 Å². The highest BCUT2D eigenvalue weighted by Gasteiger charge is 2.27. The summed E-state index contributed by atoms with van der Waals surface area (Å²) in [6.45, 7) is 1.92. The van der Waals surface area contributed by atoms with Crippen LogP contribution in [0.25, 0.3) is 0 Å². The van der Waals surface area contributed by atoms with Gasteiger partial charge in [0.15, 0.2) is 6.10 Å². The van der Waals surface area contributed by atoms with E-state index in [2.05, 4.69) is 0 Å². The maximum atomic E-state index is 12.2. The van der Waals surface area contributed by atoms with E-state index in [0.717, 1.165) is 5.69 Å². The molecular formula is C15H16ClNO3. The van der Waals surface area contributed by atoms with E-state index in [-0.39, 0.29) is 0 Å². The third kappa shape index (κ3) is 2.93. The van der Waals surface area contributed by atoms with E-state index in [4.69, 9.17) is 11.6 Å². The average molecular weight is 294 g/mol. The van der Waals surface area contributed by atoms with Crippen LogP contribution in [0.2, 0.25) is 5.02 Å². The molecule has 0 aliphatic heterocycles. The Bertz CT molecular complexity index is 591. The van der Waals surface area contributed by atoms with Crippen molar-refractivity contribution in [1.82, 2.24) is 4.57 Å². The van der Waals surface area contributed by atoms with Crippen LogP contribution in [0, 0.1) is 0 Å². The zero-order valence-electron chi connectivity index (χ0n) is 11.0. The van der Waals surface area contributed by atoms with Crippen LogP contribution in [-0.2, 0) is 6.42 Å². The lowest BCUT2D eigenvalue weighted by molar-refractivity contribution is 0.0136. The average Bonchev–Trinajstić information content (AvgIpc) is 2.94. The summed E-state index contributed by atoms with van der Waals surface area (Å²) >= 11 is 5.76. The Kier molecular flexibility index (Phi) is 4.60. The van der Waals surface area contributed by atoms with Gasteiger partial charge in [-0.05, 0) is 36.2 Å².